The largest absolute Gasteiger partial charge is 0.477 e. The summed E-state index contributed by atoms with van der Waals surface area (Å²) in [5.74, 6) is -2.88. The van der Waals surface area contributed by atoms with Crippen LogP contribution >= 0.6 is 34.8 Å². The lowest BCUT2D eigenvalue weighted by molar-refractivity contribution is -0.133. The van der Waals surface area contributed by atoms with Gasteiger partial charge in [0.15, 0.2) is 0 Å². The van der Waals surface area contributed by atoms with Crippen LogP contribution in [-0.2, 0) is 9.59 Å². The van der Waals surface area contributed by atoms with Crippen LogP contribution in [0.5, 0.6) is 0 Å². The van der Waals surface area contributed by atoms with Crippen LogP contribution in [0.15, 0.2) is 21.2 Å². The van der Waals surface area contributed by atoms with Crippen molar-refractivity contribution in [3.8, 4) is 0 Å². The number of rotatable bonds is 3. The van der Waals surface area contributed by atoms with Crippen LogP contribution in [-0.4, -0.2) is 22.2 Å². The molecule has 0 amide bonds. The molecule has 0 spiro atoms. The summed E-state index contributed by atoms with van der Waals surface area (Å²) < 4.78 is 0. The van der Waals surface area contributed by atoms with Gasteiger partial charge < -0.3 is 10.2 Å². The molecule has 0 aromatic heterocycles. The normalized spacial score (nSPS) is 13.6. The van der Waals surface area contributed by atoms with Crippen LogP contribution < -0.4 is 0 Å². The third kappa shape index (κ3) is 4.17. The quantitative estimate of drug-likeness (QED) is 0.589. The zero-order valence-corrected chi connectivity index (χ0v) is 8.19. The standard InChI is InChI=1S/C6H3Cl3O4/c7-2(4(9)6(12)13)1-3(8)5(10)11/h1H,(H,10,11)(H,12,13). The molecule has 7 heteroatoms. The van der Waals surface area contributed by atoms with Crippen molar-refractivity contribution in [2.24, 2.45) is 0 Å². The SMILES string of the molecule is O=C(O)C(Cl)=CC(Cl)=C(Cl)C(=O)O. The number of allylic oxidation sites excluding steroid dienone is 2. The monoisotopic (exact) mass is 244 g/mol. The van der Waals surface area contributed by atoms with Gasteiger partial charge in [-0.2, -0.15) is 0 Å². The molecule has 0 fully saturated rings. The van der Waals surface area contributed by atoms with E-state index in [-0.39, 0.29) is 0 Å². The van der Waals surface area contributed by atoms with E-state index in [9.17, 15) is 9.59 Å². The minimum Gasteiger partial charge on any atom is -0.477 e. The molecule has 0 radical (unpaired) electrons. The molecule has 0 unspecified atom stereocenters. The minimum atomic E-state index is -1.46. The summed E-state index contributed by atoms with van der Waals surface area (Å²) in [6, 6.07) is 0. The third-order valence-electron chi connectivity index (χ3n) is 0.855. The van der Waals surface area contributed by atoms with Crippen molar-refractivity contribution in [3.63, 3.8) is 0 Å². The summed E-state index contributed by atoms with van der Waals surface area (Å²) in [6.07, 6.45) is 0.738. The second-order valence-electron chi connectivity index (χ2n) is 1.76. The second kappa shape index (κ2) is 5.11. The van der Waals surface area contributed by atoms with Gasteiger partial charge in [-0.1, -0.05) is 34.8 Å². The van der Waals surface area contributed by atoms with Crippen molar-refractivity contribution < 1.29 is 19.8 Å². The molecule has 0 aliphatic carbocycles. The Hall–Kier alpha value is -0.710. The average Bonchev–Trinajstić information content (AvgIpc) is 2.02. The van der Waals surface area contributed by atoms with E-state index < -0.39 is 27.0 Å². The van der Waals surface area contributed by atoms with Gasteiger partial charge in [-0.15, -0.1) is 0 Å². The fourth-order valence-electron chi connectivity index (χ4n) is 0.339. The zero-order valence-electron chi connectivity index (χ0n) is 5.92. The first kappa shape index (κ1) is 12.3. The lowest BCUT2D eigenvalue weighted by Crippen LogP contribution is -1.97. The van der Waals surface area contributed by atoms with Crippen molar-refractivity contribution in [1.82, 2.24) is 0 Å². The Morgan fingerprint density at radius 2 is 1.46 bits per heavy atom. The predicted molar refractivity (Wildman–Crippen MR) is 47.9 cm³/mol. The number of aliphatic carboxylic acids is 2. The zero-order chi connectivity index (χ0) is 10.6. The van der Waals surface area contributed by atoms with Gasteiger partial charge in [0.25, 0.3) is 0 Å². The van der Waals surface area contributed by atoms with E-state index in [4.69, 9.17) is 45.0 Å². The Bertz CT molecular complexity index is 305. The van der Waals surface area contributed by atoms with Gasteiger partial charge in [0.2, 0.25) is 0 Å². The lowest BCUT2D eigenvalue weighted by Gasteiger charge is -1.93. The highest BCUT2D eigenvalue weighted by Gasteiger charge is 2.10. The predicted octanol–water partition coefficient (Wildman–Crippen LogP) is 1.97. The maximum atomic E-state index is 10.2. The Morgan fingerprint density at radius 3 is 1.77 bits per heavy atom. The Balaban J connectivity index is 4.92. The molecule has 0 aromatic rings. The summed E-state index contributed by atoms with van der Waals surface area (Å²) in [5, 5.41) is 14.8. The molecule has 0 aliphatic rings. The number of carbonyl (C=O) groups is 2. The van der Waals surface area contributed by atoms with Gasteiger partial charge in [-0.25, -0.2) is 9.59 Å². The third-order valence-corrected chi connectivity index (χ3v) is 1.89. The maximum Gasteiger partial charge on any atom is 0.348 e. The minimum absolute atomic E-state index is 0.443. The van der Waals surface area contributed by atoms with Gasteiger partial charge in [0.05, 0.1) is 5.03 Å². The fourth-order valence-corrected chi connectivity index (χ4v) is 0.748. The summed E-state index contributed by atoms with van der Waals surface area (Å²) in [5.41, 5.74) is 0. The van der Waals surface area contributed by atoms with E-state index >= 15 is 0 Å². The van der Waals surface area contributed by atoms with Crippen LogP contribution in [0.2, 0.25) is 0 Å². The molecule has 0 rings (SSSR count). The van der Waals surface area contributed by atoms with Gasteiger partial charge in [-0.05, 0) is 6.08 Å². The van der Waals surface area contributed by atoms with Gasteiger partial charge in [0, 0.05) is 0 Å². The van der Waals surface area contributed by atoms with Crippen molar-refractivity contribution >= 4 is 46.7 Å². The molecule has 4 nitrogen and oxygen atoms in total. The molecular formula is C6H3Cl3O4. The number of halogens is 3. The van der Waals surface area contributed by atoms with Crippen LogP contribution in [0.1, 0.15) is 0 Å². The van der Waals surface area contributed by atoms with Gasteiger partial charge in [0.1, 0.15) is 10.1 Å². The van der Waals surface area contributed by atoms with Crippen LogP contribution in [0.3, 0.4) is 0 Å². The molecular weight excluding hydrogens is 242 g/mol. The molecule has 0 bridgehead atoms. The van der Waals surface area contributed by atoms with E-state index in [1.54, 1.807) is 0 Å². The smallest absolute Gasteiger partial charge is 0.348 e. The van der Waals surface area contributed by atoms with Crippen molar-refractivity contribution in [2.45, 2.75) is 0 Å². The number of carboxylic acids is 2. The first-order valence-corrected chi connectivity index (χ1v) is 3.88. The van der Waals surface area contributed by atoms with Gasteiger partial charge >= 0.3 is 11.9 Å². The molecule has 0 heterocycles. The fraction of sp³-hybridized carbons (Fsp3) is 0. The van der Waals surface area contributed by atoms with Crippen LogP contribution in [0.25, 0.3) is 0 Å². The summed E-state index contributed by atoms with van der Waals surface area (Å²) in [7, 11) is 0. The first-order chi connectivity index (χ1) is 5.86. The molecule has 0 saturated heterocycles. The van der Waals surface area contributed by atoms with E-state index in [2.05, 4.69) is 0 Å². The molecule has 0 aliphatic heterocycles. The first-order valence-electron chi connectivity index (χ1n) is 2.75. The molecule has 2 N–H and O–H groups in total. The molecule has 13 heavy (non-hydrogen) atoms. The number of hydrogen-bond acceptors (Lipinski definition) is 2. The van der Waals surface area contributed by atoms with Crippen molar-refractivity contribution in [3.05, 3.63) is 21.2 Å². The second-order valence-corrected chi connectivity index (χ2v) is 2.96. The average molecular weight is 245 g/mol. The molecule has 0 aromatic carbocycles. The summed E-state index contributed by atoms with van der Waals surface area (Å²) in [6.45, 7) is 0. The van der Waals surface area contributed by atoms with Gasteiger partial charge in [-0.3, -0.25) is 0 Å². The summed E-state index contributed by atoms with van der Waals surface area (Å²) in [4.78, 5) is 20.4. The van der Waals surface area contributed by atoms with Crippen LogP contribution in [0, 0.1) is 0 Å². The van der Waals surface area contributed by atoms with E-state index in [0.717, 1.165) is 6.08 Å². The molecule has 0 atom stereocenters. The highest BCUT2D eigenvalue weighted by Crippen LogP contribution is 2.18. The Kier molecular flexibility index (Phi) is 4.83. The van der Waals surface area contributed by atoms with E-state index in [1.165, 1.54) is 0 Å². The Labute approximate surface area is 88.0 Å². The molecule has 0 saturated carbocycles. The highest BCUT2D eigenvalue weighted by molar-refractivity contribution is 6.49. The number of carboxylic acid groups (broad SMARTS) is 2. The number of hydrogen-bond donors (Lipinski definition) is 2. The van der Waals surface area contributed by atoms with Crippen molar-refractivity contribution in [2.75, 3.05) is 0 Å². The van der Waals surface area contributed by atoms with Crippen LogP contribution in [0.4, 0.5) is 0 Å². The maximum absolute atomic E-state index is 10.2. The molecule has 72 valence electrons. The topological polar surface area (TPSA) is 74.6 Å². The van der Waals surface area contributed by atoms with E-state index in [1.807, 2.05) is 0 Å². The summed E-state index contributed by atoms with van der Waals surface area (Å²) >= 11 is 15.6. The Morgan fingerprint density at radius 1 is 1.00 bits per heavy atom. The van der Waals surface area contributed by atoms with Crippen molar-refractivity contribution in [1.29, 1.82) is 0 Å². The van der Waals surface area contributed by atoms with E-state index in [0.29, 0.717) is 0 Å². The lowest BCUT2D eigenvalue weighted by atomic mass is 10.4. The highest BCUT2D eigenvalue weighted by atomic mass is 35.5.